The number of hydrogen-bond donors (Lipinski definition) is 2. The molecule has 0 atom stereocenters. The summed E-state index contributed by atoms with van der Waals surface area (Å²) in [5, 5.41) is 13.7. The van der Waals surface area contributed by atoms with Crippen molar-refractivity contribution in [3.8, 4) is 5.75 Å². The molecule has 37 heavy (non-hydrogen) atoms. The highest BCUT2D eigenvalue weighted by Gasteiger charge is 2.26. The molecule has 0 aliphatic rings. The number of nitro benzene ring substituents is 1. The molecule has 1 amide bonds. The van der Waals surface area contributed by atoms with E-state index in [9.17, 15) is 31.7 Å². The molecule has 0 fully saturated rings. The molecule has 0 radical (unpaired) electrons. The van der Waals surface area contributed by atoms with Gasteiger partial charge in [0.25, 0.3) is 15.7 Å². The highest BCUT2D eigenvalue weighted by atomic mass is 79.9. The predicted octanol–water partition coefficient (Wildman–Crippen LogP) is 3.57. The normalized spacial score (nSPS) is 11.4. The van der Waals surface area contributed by atoms with Crippen LogP contribution in [0, 0.1) is 10.1 Å². The first-order valence-electron chi connectivity index (χ1n) is 10.3. The third-order valence-electron chi connectivity index (χ3n) is 4.87. The van der Waals surface area contributed by atoms with Gasteiger partial charge in [0, 0.05) is 28.0 Å². The minimum Gasteiger partial charge on any atom is -0.495 e. The summed E-state index contributed by atoms with van der Waals surface area (Å²) in [5.74, 6) is -0.765. The maximum atomic E-state index is 12.7. The molecular weight excluding hydrogens is 592 g/mol. The van der Waals surface area contributed by atoms with Crippen LogP contribution in [0.4, 0.5) is 22.7 Å². The molecular formula is C22H21BrN4O8S2. The van der Waals surface area contributed by atoms with Gasteiger partial charge in [-0.05, 0) is 54.6 Å². The van der Waals surface area contributed by atoms with Crippen molar-refractivity contribution in [1.29, 1.82) is 0 Å². The Morgan fingerprint density at radius 1 is 1.00 bits per heavy atom. The highest BCUT2D eigenvalue weighted by molar-refractivity contribution is 9.10. The van der Waals surface area contributed by atoms with Gasteiger partial charge in [0.1, 0.15) is 18.0 Å². The quantitative estimate of drug-likeness (QED) is 0.259. The molecule has 0 unspecified atom stereocenters. The number of nitrogens with zero attached hydrogens (tertiary/aromatic N) is 2. The van der Waals surface area contributed by atoms with Crippen LogP contribution >= 0.6 is 15.9 Å². The van der Waals surface area contributed by atoms with Crippen molar-refractivity contribution in [2.45, 2.75) is 4.90 Å². The summed E-state index contributed by atoms with van der Waals surface area (Å²) in [6.45, 7) is -0.721. The van der Waals surface area contributed by atoms with Gasteiger partial charge in [0.2, 0.25) is 15.9 Å². The fourth-order valence-electron chi connectivity index (χ4n) is 3.15. The zero-order valence-electron chi connectivity index (χ0n) is 19.4. The lowest BCUT2D eigenvalue weighted by atomic mass is 10.2. The zero-order chi connectivity index (χ0) is 27.4. The van der Waals surface area contributed by atoms with Crippen molar-refractivity contribution in [3.05, 3.63) is 81.3 Å². The SMILES string of the molecule is COc1ccc([N+](=O)[O-])cc1N(CC(=O)Nc1ccc(S(=O)(=O)Nc2ccc(Br)cc2)cc1)S(C)(=O)=O. The van der Waals surface area contributed by atoms with Crippen molar-refractivity contribution in [1.82, 2.24) is 0 Å². The summed E-state index contributed by atoms with van der Waals surface area (Å²) in [6.07, 6.45) is 0.844. The van der Waals surface area contributed by atoms with Gasteiger partial charge < -0.3 is 10.1 Å². The topological polar surface area (TPSA) is 165 Å². The predicted molar refractivity (Wildman–Crippen MR) is 142 cm³/mol. The number of hydrogen-bond acceptors (Lipinski definition) is 8. The maximum absolute atomic E-state index is 12.7. The first kappa shape index (κ1) is 27.9. The molecule has 3 aromatic rings. The Hall–Kier alpha value is -3.69. The molecule has 0 saturated carbocycles. The van der Waals surface area contributed by atoms with Gasteiger partial charge in [-0.2, -0.15) is 0 Å². The van der Waals surface area contributed by atoms with Gasteiger partial charge >= 0.3 is 0 Å². The van der Waals surface area contributed by atoms with E-state index in [2.05, 4.69) is 26.0 Å². The largest absolute Gasteiger partial charge is 0.495 e. The molecule has 196 valence electrons. The van der Waals surface area contributed by atoms with Crippen LogP contribution in [0.25, 0.3) is 0 Å². The van der Waals surface area contributed by atoms with E-state index in [0.29, 0.717) is 9.99 Å². The monoisotopic (exact) mass is 612 g/mol. The first-order valence-corrected chi connectivity index (χ1v) is 14.4. The van der Waals surface area contributed by atoms with Gasteiger partial charge in [-0.25, -0.2) is 16.8 Å². The Kier molecular flexibility index (Phi) is 8.40. The highest BCUT2D eigenvalue weighted by Crippen LogP contribution is 2.33. The van der Waals surface area contributed by atoms with E-state index >= 15 is 0 Å². The standard InChI is InChI=1S/C22H21BrN4O8S2/c1-35-21-12-9-18(27(29)30)13-20(21)26(36(2,31)32)14-22(28)24-16-7-10-19(11-8-16)37(33,34)25-17-5-3-15(23)4-6-17/h3-13,25H,14H2,1-2H3,(H,24,28). The first-order chi connectivity index (χ1) is 17.3. The van der Waals surface area contributed by atoms with E-state index in [1.807, 2.05) is 0 Å². The molecule has 0 aliphatic heterocycles. The summed E-state index contributed by atoms with van der Waals surface area (Å²) in [6, 6.07) is 15.1. The van der Waals surface area contributed by atoms with Gasteiger partial charge in [-0.3, -0.25) is 23.9 Å². The lowest BCUT2D eigenvalue weighted by molar-refractivity contribution is -0.384. The zero-order valence-corrected chi connectivity index (χ0v) is 22.6. The van der Waals surface area contributed by atoms with Crippen LogP contribution in [0.3, 0.4) is 0 Å². The second-order valence-corrected chi connectivity index (χ2v) is 12.1. The number of methoxy groups -OCH3 is 1. The van der Waals surface area contributed by atoms with E-state index in [0.717, 1.165) is 22.9 Å². The molecule has 15 heteroatoms. The number of ether oxygens (including phenoxy) is 1. The average Bonchev–Trinajstić information content (AvgIpc) is 2.83. The molecule has 0 spiro atoms. The Bertz CT molecular complexity index is 1530. The Labute approximate surface area is 221 Å². The van der Waals surface area contributed by atoms with Crippen LogP contribution in [-0.2, 0) is 24.8 Å². The van der Waals surface area contributed by atoms with E-state index in [1.165, 1.54) is 37.4 Å². The summed E-state index contributed by atoms with van der Waals surface area (Å²) >= 11 is 3.27. The maximum Gasteiger partial charge on any atom is 0.271 e. The van der Waals surface area contributed by atoms with Gasteiger partial charge in [0.05, 0.1) is 23.2 Å². The second kappa shape index (κ2) is 11.1. The smallest absolute Gasteiger partial charge is 0.271 e. The van der Waals surface area contributed by atoms with Crippen molar-refractivity contribution in [2.75, 3.05) is 34.3 Å². The number of halogens is 1. The molecule has 12 nitrogen and oxygen atoms in total. The van der Waals surface area contributed by atoms with Gasteiger partial charge in [-0.15, -0.1) is 0 Å². The van der Waals surface area contributed by atoms with Crippen molar-refractivity contribution in [3.63, 3.8) is 0 Å². The molecule has 0 heterocycles. The number of anilines is 3. The molecule has 3 rings (SSSR count). The van der Waals surface area contributed by atoms with Crippen LogP contribution in [0.5, 0.6) is 5.75 Å². The lowest BCUT2D eigenvalue weighted by Crippen LogP contribution is -2.37. The number of amides is 1. The molecule has 0 aromatic heterocycles. The number of non-ortho nitro benzene ring substituents is 1. The van der Waals surface area contributed by atoms with Crippen LogP contribution in [0.15, 0.2) is 76.1 Å². The van der Waals surface area contributed by atoms with Gasteiger partial charge in [0.15, 0.2) is 0 Å². The van der Waals surface area contributed by atoms with Crippen LogP contribution in [-0.4, -0.2) is 47.6 Å². The Balaban J connectivity index is 1.78. The Morgan fingerprint density at radius 2 is 1.59 bits per heavy atom. The molecule has 0 aliphatic carbocycles. The summed E-state index contributed by atoms with van der Waals surface area (Å²) in [4.78, 5) is 23.1. The van der Waals surface area contributed by atoms with E-state index < -0.39 is 43.1 Å². The third-order valence-corrected chi connectivity index (χ3v) is 7.93. The van der Waals surface area contributed by atoms with E-state index in [1.54, 1.807) is 24.3 Å². The van der Waals surface area contributed by atoms with Crippen molar-refractivity contribution >= 4 is 64.6 Å². The number of rotatable bonds is 10. The number of benzene rings is 3. The van der Waals surface area contributed by atoms with E-state index in [-0.39, 0.29) is 22.0 Å². The van der Waals surface area contributed by atoms with E-state index in [4.69, 9.17) is 4.74 Å². The number of sulfonamides is 2. The minimum atomic E-state index is -4.06. The van der Waals surface area contributed by atoms with Crippen molar-refractivity contribution < 1.29 is 31.3 Å². The molecule has 0 bridgehead atoms. The summed E-state index contributed by atoms with van der Waals surface area (Å²) in [5.41, 5.74) is -0.0155. The van der Waals surface area contributed by atoms with Crippen LogP contribution < -0.4 is 19.1 Å². The molecule has 3 aromatic carbocycles. The number of carbonyl (C=O) groups is 1. The van der Waals surface area contributed by atoms with Crippen LogP contribution in [0.2, 0.25) is 0 Å². The molecule has 2 N–H and O–H groups in total. The summed E-state index contributed by atoms with van der Waals surface area (Å²) < 4.78 is 59.1. The lowest BCUT2D eigenvalue weighted by Gasteiger charge is -2.23. The van der Waals surface area contributed by atoms with Crippen molar-refractivity contribution in [2.24, 2.45) is 0 Å². The second-order valence-electron chi connectivity index (χ2n) is 7.57. The Morgan fingerprint density at radius 3 is 2.14 bits per heavy atom. The fraction of sp³-hybridized carbons (Fsp3) is 0.136. The third kappa shape index (κ3) is 7.18. The van der Waals surface area contributed by atoms with Gasteiger partial charge in [-0.1, -0.05) is 15.9 Å². The number of nitrogens with one attached hydrogen (secondary N) is 2. The number of carbonyl (C=O) groups excluding carboxylic acids is 1. The summed E-state index contributed by atoms with van der Waals surface area (Å²) in [7, 11) is -6.70. The minimum absolute atomic E-state index is 0.0108. The number of nitro groups is 1. The van der Waals surface area contributed by atoms with Crippen LogP contribution in [0.1, 0.15) is 0 Å². The fourth-order valence-corrected chi connectivity index (χ4v) is 5.32. The molecule has 0 saturated heterocycles. The average molecular weight is 613 g/mol.